The summed E-state index contributed by atoms with van der Waals surface area (Å²) >= 11 is 1.49. The molecule has 2 aromatic rings. The van der Waals surface area contributed by atoms with Gasteiger partial charge in [-0.25, -0.2) is 14.8 Å². The minimum absolute atomic E-state index is 0.197. The molecule has 0 bridgehead atoms. The molecule has 0 radical (unpaired) electrons. The number of hydrogen-bond acceptors (Lipinski definition) is 5. The first kappa shape index (κ1) is 12.3. The van der Waals surface area contributed by atoms with E-state index in [1.54, 1.807) is 0 Å². The van der Waals surface area contributed by atoms with Crippen LogP contribution in [0.15, 0.2) is 0 Å². The summed E-state index contributed by atoms with van der Waals surface area (Å²) in [6, 6.07) is -0.648. The lowest BCUT2D eigenvalue weighted by Gasteiger charge is -2.13. The zero-order valence-corrected chi connectivity index (χ0v) is 11.3. The van der Waals surface area contributed by atoms with Gasteiger partial charge in [0.15, 0.2) is 0 Å². The van der Waals surface area contributed by atoms with Gasteiger partial charge in [0.25, 0.3) is 0 Å². The van der Waals surface area contributed by atoms with Crippen LogP contribution < -0.4 is 11.1 Å². The van der Waals surface area contributed by atoms with E-state index in [9.17, 15) is 9.90 Å². The highest BCUT2D eigenvalue weighted by Crippen LogP contribution is 2.45. The van der Waals surface area contributed by atoms with Crippen LogP contribution >= 0.6 is 11.3 Å². The van der Waals surface area contributed by atoms with Crippen molar-refractivity contribution >= 4 is 33.4 Å². The Morgan fingerprint density at radius 3 is 2.84 bits per heavy atom. The summed E-state index contributed by atoms with van der Waals surface area (Å²) in [7, 11) is 0. The van der Waals surface area contributed by atoms with Crippen molar-refractivity contribution in [3.05, 3.63) is 16.3 Å². The van der Waals surface area contributed by atoms with Crippen LogP contribution in [0.25, 0.3) is 10.3 Å². The van der Waals surface area contributed by atoms with Crippen LogP contribution in [0.4, 0.5) is 10.5 Å². The van der Waals surface area contributed by atoms with E-state index in [1.807, 2.05) is 6.92 Å². The number of nitrogens with one attached hydrogen (secondary N) is 1. The lowest BCUT2D eigenvalue weighted by molar-refractivity contribution is 0.259. The van der Waals surface area contributed by atoms with Crippen molar-refractivity contribution < 1.29 is 9.90 Å². The number of aliphatic hydroxyl groups excluding tert-OH is 1. The standard InChI is InChI=1S/C12H14N4O2S/c1-5-14-10-7(4-17)9(16-12(13)18)8(6-2-3-6)15-11(10)19-5/h6,17H,2-4H2,1H3,(H3,13,16,18). The molecular formula is C12H14N4O2S. The Kier molecular flexibility index (Phi) is 2.87. The smallest absolute Gasteiger partial charge is 0.316 e. The first-order valence-corrected chi connectivity index (χ1v) is 6.89. The van der Waals surface area contributed by atoms with Gasteiger partial charge in [0.05, 0.1) is 23.0 Å². The Labute approximate surface area is 113 Å². The number of urea groups is 1. The number of aryl methyl sites for hydroxylation is 1. The van der Waals surface area contributed by atoms with Gasteiger partial charge >= 0.3 is 6.03 Å². The number of primary amides is 1. The van der Waals surface area contributed by atoms with E-state index in [1.165, 1.54) is 11.3 Å². The average molecular weight is 278 g/mol. The Balaban J connectivity index is 2.27. The van der Waals surface area contributed by atoms with Crippen LogP contribution in [-0.2, 0) is 6.61 Å². The number of aromatic nitrogens is 2. The number of pyridine rings is 1. The number of hydrogen-bond donors (Lipinski definition) is 3. The molecule has 2 amide bonds. The van der Waals surface area contributed by atoms with Gasteiger partial charge in [-0.3, -0.25) is 0 Å². The molecule has 3 rings (SSSR count). The molecule has 4 N–H and O–H groups in total. The SMILES string of the molecule is Cc1nc2c(CO)c(NC(N)=O)c(C3CC3)nc2s1. The Hall–Kier alpha value is -1.73. The number of carbonyl (C=O) groups is 1. The summed E-state index contributed by atoms with van der Waals surface area (Å²) in [5.74, 6) is 0.346. The van der Waals surface area contributed by atoms with Crippen molar-refractivity contribution in [3.63, 3.8) is 0 Å². The number of aliphatic hydroxyl groups is 1. The van der Waals surface area contributed by atoms with Gasteiger partial charge in [-0.1, -0.05) is 11.3 Å². The molecule has 1 saturated carbocycles. The summed E-state index contributed by atoms with van der Waals surface area (Å²) in [6.07, 6.45) is 2.10. The molecule has 0 spiro atoms. The monoisotopic (exact) mass is 278 g/mol. The van der Waals surface area contributed by atoms with E-state index in [-0.39, 0.29) is 6.61 Å². The molecule has 0 aliphatic heterocycles. The fraction of sp³-hybridized carbons (Fsp3) is 0.417. The van der Waals surface area contributed by atoms with Crippen molar-refractivity contribution in [2.24, 2.45) is 5.73 Å². The third-order valence-corrected chi connectivity index (χ3v) is 4.02. The number of fused-ring (bicyclic) bond motifs is 1. The second-order valence-corrected chi connectivity index (χ2v) is 5.84. The zero-order valence-electron chi connectivity index (χ0n) is 10.4. The molecule has 2 heterocycles. The third kappa shape index (κ3) is 2.15. The Morgan fingerprint density at radius 1 is 1.53 bits per heavy atom. The van der Waals surface area contributed by atoms with Crippen molar-refractivity contribution in [3.8, 4) is 0 Å². The van der Waals surface area contributed by atoms with Gasteiger partial charge in [0.1, 0.15) is 10.3 Å². The van der Waals surface area contributed by atoms with Crippen LogP contribution in [0.5, 0.6) is 0 Å². The molecule has 0 saturated heterocycles. The predicted octanol–water partition coefficient (Wildman–Crippen LogP) is 1.86. The van der Waals surface area contributed by atoms with Crippen LogP contribution in [0.3, 0.4) is 0 Å². The molecular weight excluding hydrogens is 264 g/mol. The highest BCUT2D eigenvalue weighted by Gasteiger charge is 2.31. The van der Waals surface area contributed by atoms with E-state index in [0.29, 0.717) is 22.7 Å². The zero-order chi connectivity index (χ0) is 13.6. The van der Waals surface area contributed by atoms with Crippen LogP contribution in [0.2, 0.25) is 0 Å². The summed E-state index contributed by atoms with van der Waals surface area (Å²) in [6.45, 7) is 1.70. The average Bonchev–Trinajstić information content (AvgIpc) is 3.10. The predicted molar refractivity (Wildman–Crippen MR) is 73.3 cm³/mol. The van der Waals surface area contributed by atoms with E-state index >= 15 is 0 Å². The fourth-order valence-corrected chi connectivity index (χ4v) is 3.02. The maximum atomic E-state index is 11.2. The number of rotatable bonds is 3. The first-order chi connectivity index (χ1) is 9.10. The largest absolute Gasteiger partial charge is 0.392 e. The highest BCUT2D eigenvalue weighted by atomic mass is 32.1. The quantitative estimate of drug-likeness (QED) is 0.797. The Bertz CT molecular complexity index is 663. The molecule has 0 aromatic carbocycles. The van der Waals surface area contributed by atoms with Crippen LogP contribution in [0.1, 0.15) is 35.0 Å². The summed E-state index contributed by atoms with van der Waals surface area (Å²) in [4.78, 5) is 20.9. The molecule has 100 valence electrons. The van der Waals surface area contributed by atoms with Crippen LogP contribution in [-0.4, -0.2) is 21.1 Å². The minimum Gasteiger partial charge on any atom is -0.392 e. The van der Waals surface area contributed by atoms with Crippen molar-refractivity contribution in [2.75, 3.05) is 5.32 Å². The number of nitrogens with two attached hydrogens (primary N) is 1. The maximum Gasteiger partial charge on any atom is 0.316 e. The molecule has 6 nitrogen and oxygen atoms in total. The molecule has 2 aromatic heterocycles. The van der Waals surface area contributed by atoms with E-state index in [0.717, 1.165) is 28.4 Å². The normalized spacial score (nSPS) is 14.8. The second kappa shape index (κ2) is 4.43. The second-order valence-electron chi connectivity index (χ2n) is 4.66. The van der Waals surface area contributed by atoms with E-state index in [2.05, 4.69) is 15.3 Å². The number of carbonyl (C=O) groups excluding carboxylic acids is 1. The van der Waals surface area contributed by atoms with Crippen molar-refractivity contribution in [1.29, 1.82) is 0 Å². The molecule has 1 aliphatic rings. The highest BCUT2D eigenvalue weighted by molar-refractivity contribution is 7.18. The molecule has 7 heteroatoms. The first-order valence-electron chi connectivity index (χ1n) is 6.07. The summed E-state index contributed by atoms with van der Waals surface area (Å²) in [5.41, 5.74) is 7.82. The van der Waals surface area contributed by atoms with Gasteiger partial charge < -0.3 is 16.2 Å². The maximum absolute atomic E-state index is 11.2. The topological polar surface area (TPSA) is 101 Å². The fourth-order valence-electron chi connectivity index (χ4n) is 2.20. The minimum atomic E-state index is -0.648. The summed E-state index contributed by atoms with van der Waals surface area (Å²) < 4.78 is 0. The summed E-state index contributed by atoms with van der Waals surface area (Å²) in [5, 5.41) is 13.1. The lowest BCUT2D eigenvalue weighted by atomic mass is 10.1. The molecule has 0 unspecified atom stereocenters. The van der Waals surface area contributed by atoms with E-state index < -0.39 is 6.03 Å². The number of anilines is 1. The molecule has 19 heavy (non-hydrogen) atoms. The molecule has 0 atom stereocenters. The lowest BCUT2D eigenvalue weighted by Crippen LogP contribution is -2.22. The van der Waals surface area contributed by atoms with E-state index in [4.69, 9.17) is 5.73 Å². The van der Waals surface area contributed by atoms with Gasteiger partial charge in [0.2, 0.25) is 0 Å². The molecule has 1 fully saturated rings. The van der Waals surface area contributed by atoms with Crippen molar-refractivity contribution in [2.45, 2.75) is 32.3 Å². The molecule has 1 aliphatic carbocycles. The van der Waals surface area contributed by atoms with Crippen molar-refractivity contribution in [1.82, 2.24) is 9.97 Å². The number of nitrogens with zero attached hydrogens (tertiary/aromatic N) is 2. The van der Waals surface area contributed by atoms with Gasteiger partial charge in [0, 0.05) is 11.5 Å². The van der Waals surface area contributed by atoms with Gasteiger partial charge in [-0.2, -0.15) is 0 Å². The van der Waals surface area contributed by atoms with Crippen LogP contribution in [0, 0.1) is 6.92 Å². The number of amides is 2. The number of thiazole rings is 1. The van der Waals surface area contributed by atoms with Gasteiger partial charge in [-0.15, -0.1) is 0 Å². The third-order valence-electron chi connectivity index (χ3n) is 3.15. The Morgan fingerprint density at radius 2 is 2.26 bits per heavy atom. The van der Waals surface area contributed by atoms with Gasteiger partial charge in [-0.05, 0) is 19.8 Å².